The Bertz CT molecular complexity index is 1410. The molecule has 3 aromatic rings. The molecule has 0 aliphatic rings. The molecule has 0 saturated heterocycles. The number of anilines is 1. The molecule has 0 fully saturated rings. The van der Waals surface area contributed by atoms with Crippen molar-refractivity contribution in [2.45, 2.75) is 38.3 Å². The van der Waals surface area contributed by atoms with Gasteiger partial charge in [-0.2, -0.15) is 0 Å². The molecule has 1 N–H and O–H groups in total. The maximum atomic E-state index is 13.8. The van der Waals surface area contributed by atoms with E-state index in [9.17, 15) is 18.0 Å². The number of nitrogens with one attached hydrogen (secondary N) is 1. The number of aryl methyl sites for hydroxylation is 2. The molecule has 1 atom stereocenters. The van der Waals surface area contributed by atoms with Crippen LogP contribution in [0.2, 0.25) is 5.02 Å². The Balaban J connectivity index is 2.07. The number of hydrogen-bond acceptors (Lipinski definition) is 5. The van der Waals surface area contributed by atoms with Crippen LogP contribution in [0.1, 0.15) is 23.6 Å². The first-order chi connectivity index (χ1) is 18.0. The van der Waals surface area contributed by atoms with Gasteiger partial charge in [-0.3, -0.25) is 13.9 Å². The number of benzene rings is 3. The zero-order chi connectivity index (χ0) is 28.0. The predicted octanol–water partition coefficient (Wildman–Crippen LogP) is 4.32. The summed E-state index contributed by atoms with van der Waals surface area (Å²) < 4.78 is 33.9. The molecule has 0 aliphatic carbocycles. The van der Waals surface area contributed by atoms with Crippen molar-refractivity contribution in [2.75, 3.05) is 25.0 Å². The van der Waals surface area contributed by atoms with Gasteiger partial charge in [0.25, 0.3) is 10.0 Å². The van der Waals surface area contributed by atoms with E-state index in [0.717, 1.165) is 21.0 Å². The van der Waals surface area contributed by atoms with Gasteiger partial charge in [-0.05, 0) is 56.7 Å². The lowest BCUT2D eigenvalue weighted by molar-refractivity contribution is -0.139. The summed E-state index contributed by atoms with van der Waals surface area (Å²) in [5.41, 5.74) is 2.89. The van der Waals surface area contributed by atoms with E-state index in [-0.39, 0.29) is 28.1 Å². The quantitative estimate of drug-likeness (QED) is 0.400. The van der Waals surface area contributed by atoms with Gasteiger partial charge in [0.1, 0.15) is 18.3 Å². The minimum absolute atomic E-state index is 0.0208. The normalized spacial score (nSPS) is 11.9. The van der Waals surface area contributed by atoms with E-state index in [2.05, 4.69) is 5.32 Å². The number of hydrogen-bond donors (Lipinski definition) is 1. The topological polar surface area (TPSA) is 96.0 Å². The third kappa shape index (κ3) is 6.65. The van der Waals surface area contributed by atoms with Crippen LogP contribution in [0.5, 0.6) is 5.75 Å². The number of sulfonamides is 1. The highest BCUT2D eigenvalue weighted by molar-refractivity contribution is 7.92. The molecular weight excluding hydrogens is 526 g/mol. The summed E-state index contributed by atoms with van der Waals surface area (Å²) >= 11 is 6.33. The summed E-state index contributed by atoms with van der Waals surface area (Å²) in [6.07, 6.45) is 0. The van der Waals surface area contributed by atoms with Gasteiger partial charge in [0.05, 0.1) is 22.7 Å². The molecule has 0 aromatic heterocycles. The van der Waals surface area contributed by atoms with Crippen molar-refractivity contribution in [3.8, 4) is 5.75 Å². The molecule has 38 heavy (non-hydrogen) atoms. The lowest BCUT2D eigenvalue weighted by atomic mass is 10.1. The lowest BCUT2D eigenvalue weighted by Gasteiger charge is -2.32. The van der Waals surface area contributed by atoms with Gasteiger partial charge in [0.15, 0.2) is 0 Å². The largest absolute Gasteiger partial charge is 0.495 e. The van der Waals surface area contributed by atoms with Gasteiger partial charge in [0.2, 0.25) is 11.8 Å². The molecule has 0 saturated carbocycles. The molecule has 0 heterocycles. The van der Waals surface area contributed by atoms with E-state index in [4.69, 9.17) is 16.3 Å². The number of carbonyl (C=O) groups excluding carboxylic acids is 2. The number of carbonyl (C=O) groups is 2. The highest BCUT2D eigenvalue weighted by Crippen LogP contribution is 2.32. The van der Waals surface area contributed by atoms with Gasteiger partial charge in [0, 0.05) is 13.6 Å². The Labute approximate surface area is 229 Å². The number of ether oxygens (including phenoxy) is 1. The molecule has 0 bridgehead atoms. The van der Waals surface area contributed by atoms with Gasteiger partial charge >= 0.3 is 0 Å². The fourth-order valence-electron chi connectivity index (χ4n) is 3.98. The third-order valence-electron chi connectivity index (χ3n) is 6.16. The van der Waals surface area contributed by atoms with Crippen molar-refractivity contribution in [3.63, 3.8) is 0 Å². The second-order valence-corrected chi connectivity index (χ2v) is 11.2. The summed E-state index contributed by atoms with van der Waals surface area (Å²) in [6, 6.07) is 17.6. The first kappa shape index (κ1) is 29.0. The maximum absolute atomic E-state index is 13.8. The van der Waals surface area contributed by atoms with Crippen molar-refractivity contribution in [3.05, 3.63) is 88.4 Å². The molecule has 3 rings (SSSR count). The van der Waals surface area contributed by atoms with Gasteiger partial charge in [-0.15, -0.1) is 0 Å². The van der Waals surface area contributed by atoms with Gasteiger partial charge < -0.3 is 15.0 Å². The number of amides is 2. The monoisotopic (exact) mass is 557 g/mol. The average molecular weight is 558 g/mol. The number of likely N-dealkylation sites (N-methyl/N-ethyl adjacent to an activating group) is 1. The van der Waals surface area contributed by atoms with Crippen LogP contribution in [0.15, 0.2) is 71.6 Å². The molecule has 0 spiro atoms. The summed E-state index contributed by atoms with van der Waals surface area (Å²) in [5, 5.41) is 2.76. The van der Waals surface area contributed by atoms with E-state index < -0.39 is 28.5 Å². The smallest absolute Gasteiger partial charge is 0.264 e. The van der Waals surface area contributed by atoms with E-state index in [1.54, 1.807) is 19.1 Å². The van der Waals surface area contributed by atoms with Crippen molar-refractivity contribution < 1.29 is 22.7 Å². The summed E-state index contributed by atoms with van der Waals surface area (Å²) in [7, 11) is -1.24. The zero-order valence-electron chi connectivity index (χ0n) is 22.1. The maximum Gasteiger partial charge on any atom is 0.264 e. The number of nitrogens with zero attached hydrogens (tertiary/aromatic N) is 2. The van der Waals surface area contributed by atoms with E-state index in [1.165, 1.54) is 49.4 Å². The van der Waals surface area contributed by atoms with Crippen LogP contribution in [0.25, 0.3) is 0 Å². The van der Waals surface area contributed by atoms with Crippen LogP contribution in [0, 0.1) is 13.8 Å². The van der Waals surface area contributed by atoms with Crippen LogP contribution in [-0.4, -0.2) is 51.9 Å². The molecule has 0 radical (unpaired) electrons. The average Bonchev–Trinajstić information content (AvgIpc) is 2.89. The van der Waals surface area contributed by atoms with E-state index in [0.29, 0.717) is 5.75 Å². The molecule has 202 valence electrons. The number of halogens is 1. The lowest BCUT2D eigenvalue weighted by Crippen LogP contribution is -2.50. The van der Waals surface area contributed by atoms with Crippen molar-refractivity contribution in [1.29, 1.82) is 0 Å². The standard InChI is InChI=1S/C28H32ClN3O5S/c1-19-9-12-24(13-10-19)38(35,36)32(23-11-14-26(37-5)25(29)16-23)18-27(33)31(21(3)28(34)30-4)17-22-8-6-7-20(2)15-22/h6-16,21H,17-18H2,1-5H3,(H,30,34)/t21-/m1/s1. The van der Waals surface area contributed by atoms with Gasteiger partial charge in [-0.25, -0.2) is 8.42 Å². The molecular formula is C28H32ClN3O5S. The third-order valence-corrected chi connectivity index (χ3v) is 8.24. The Morgan fingerprint density at radius 2 is 1.68 bits per heavy atom. The van der Waals surface area contributed by atoms with Crippen molar-refractivity contribution >= 4 is 39.1 Å². The van der Waals surface area contributed by atoms with Gasteiger partial charge in [-0.1, -0.05) is 59.1 Å². The van der Waals surface area contributed by atoms with Crippen LogP contribution in [0.4, 0.5) is 5.69 Å². The molecule has 0 aliphatic heterocycles. The number of rotatable bonds is 10. The van der Waals surface area contributed by atoms with Crippen molar-refractivity contribution in [1.82, 2.24) is 10.2 Å². The number of methoxy groups -OCH3 is 1. The second kappa shape index (κ2) is 12.3. The van der Waals surface area contributed by atoms with E-state index in [1.807, 2.05) is 38.1 Å². The summed E-state index contributed by atoms with van der Waals surface area (Å²) in [4.78, 5) is 27.8. The first-order valence-corrected chi connectivity index (χ1v) is 13.8. The zero-order valence-corrected chi connectivity index (χ0v) is 23.6. The van der Waals surface area contributed by atoms with Crippen LogP contribution >= 0.6 is 11.6 Å². The fraction of sp³-hybridized carbons (Fsp3) is 0.286. The van der Waals surface area contributed by atoms with Crippen LogP contribution in [-0.2, 0) is 26.2 Å². The summed E-state index contributed by atoms with van der Waals surface area (Å²) in [6.45, 7) is 4.96. The Morgan fingerprint density at radius 3 is 2.26 bits per heavy atom. The van der Waals surface area contributed by atoms with E-state index >= 15 is 0 Å². The van der Waals surface area contributed by atoms with Crippen LogP contribution in [0.3, 0.4) is 0 Å². The minimum Gasteiger partial charge on any atom is -0.495 e. The van der Waals surface area contributed by atoms with Crippen LogP contribution < -0.4 is 14.4 Å². The summed E-state index contributed by atoms with van der Waals surface area (Å²) in [5.74, 6) is -0.555. The Morgan fingerprint density at radius 1 is 1.00 bits per heavy atom. The fourth-order valence-corrected chi connectivity index (χ4v) is 5.63. The Hall–Kier alpha value is -3.56. The molecule has 0 unspecified atom stereocenters. The predicted molar refractivity (Wildman–Crippen MR) is 149 cm³/mol. The highest BCUT2D eigenvalue weighted by atomic mass is 35.5. The SMILES string of the molecule is CNC(=O)[C@@H](C)N(Cc1cccc(C)c1)C(=O)CN(c1ccc(OC)c(Cl)c1)S(=O)(=O)c1ccc(C)cc1. The first-order valence-electron chi connectivity index (χ1n) is 12.0. The molecule has 10 heteroatoms. The minimum atomic E-state index is -4.18. The second-order valence-electron chi connectivity index (χ2n) is 8.94. The Kier molecular flexibility index (Phi) is 9.40. The molecule has 8 nitrogen and oxygen atoms in total. The highest BCUT2D eigenvalue weighted by Gasteiger charge is 2.32. The molecule has 3 aromatic carbocycles. The molecule has 2 amide bonds. The van der Waals surface area contributed by atoms with Crippen molar-refractivity contribution in [2.24, 2.45) is 0 Å².